The van der Waals surface area contributed by atoms with Crippen LogP contribution in [0.5, 0.6) is 0 Å². The van der Waals surface area contributed by atoms with Crippen molar-refractivity contribution in [1.82, 2.24) is 9.88 Å². The minimum Gasteiger partial charge on any atom is -0.434 e. The minimum atomic E-state index is -4.77. The summed E-state index contributed by atoms with van der Waals surface area (Å²) in [5, 5.41) is 2.16. The van der Waals surface area contributed by atoms with Gasteiger partial charge in [0.15, 0.2) is 5.76 Å². The summed E-state index contributed by atoms with van der Waals surface area (Å²) >= 11 is 0. The highest BCUT2D eigenvalue weighted by Gasteiger charge is 2.34. The molecule has 1 aromatic carbocycles. The summed E-state index contributed by atoms with van der Waals surface area (Å²) in [7, 11) is 0. The summed E-state index contributed by atoms with van der Waals surface area (Å²) in [5.74, 6) is -1.58. The molecule has 1 unspecified atom stereocenters. The molecule has 3 aromatic rings. The summed E-state index contributed by atoms with van der Waals surface area (Å²) in [6, 6.07) is 8.31. The molecule has 0 aliphatic carbocycles. The van der Waals surface area contributed by atoms with Crippen LogP contribution >= 0.6 is 0 Å². The molecular formula is C22H21F3N4O4. The molecule has 0 spiro atoms. The number of nitrogens with one attached hydrogen (secondary N) is 2. The number of hydrogen-bond donors (Lipinski definition) is 3. The number of rotatable bonds is 5. The number of aromatic amines is 1. The van der Waals surface area contributed by atoms with Gasteiger partial charge in [0, 0.05) is 24.8 Å². The van der Waals surface area contributed by atoms with Gasteiger partial charge in [-0.1, -0.05) is 12.1 Å². The Labute approximate surface area is 185 Å². The van der Waals surface area contributed by atoms with Gasteiger partial charge < -0.3 is 15.5 Å². The predicted molar refractivity (Wildman–Crippen MR) is 113 cm³/mol. The smallest absolute Gasteiger partial charge is 0.417 e. The summed E-state index contributed by atoms with van der Waals surface area (Å²) in [6.07, 6.45) is -3.09. The van der Waals surface area contributed by atoms with Crippen molar-refractivity contribution in [3.63, 3.8) is 0 Å². The Morgan fingerprint density at radius 3 is 2.61 bits per heavy atom. The molecule has 1 aliphatic heterocycles. The fraction of sp³-hybridized carbons (Fsp3) is 0.318. The Balaban J connectivity index is 1.45. The van der Waals surface area contributed by atoms with Crippen molar-refractivity contribution in [3.05, 3.63) is 63.6 Å². The molecule has 33 heavy (non-hydrogen) atoms. The number of aromatic nitrogens is 1. The fourth-order valence-corrected chi connectivity index (χ4v) is 3.96. The Hall–Kier alpha value is -3.60. The molecule has 0 radical (unpaired) electrons. The van der Waals surface area contributed by atoms with Gasteiger partial charge in [-0.2, -0.15) is 13.2 Å². The van der Waals surface area contributed by atoms with Gasteiger partial charge in [-0.05, 0) is 43.1 Å². The first-order valence-electron chi connectivity index (χ1n) is 10.3. The number of likely N-dealkylation sites (tertiary alicyclic amines) is 1. The first-order valence-corrected chi connectivity index (χ1v) is 10.3. The first-order chi connectivity index (χ1) is 15.6. The van der Waals surface area contributed by atoms with E-state index in [1.165, 1.54) is 0 Å². The van der Waals surface area contributed by atoms with Crippen molar-refractivity contribution in [2.24, 2.45) is 11.7 Å². The van der Waals surface area contributed by atoms with Crippen LogP contribution in [0, 0.1) is 5.92 Å². The molecule has 8 nitrogen and oxygen atoms in total. The van der Waals surface area contributed by atoms with Crippen molar-refractivity contribution in [1.29, 1.82) is 0 Å². The molecule has 11 heteroatoms. The van der Waals surface area contributed by atoms with Crippen LogP contribution in [0.25, 0.3) is 11.1 Å². The number of halogens is 3. The molecule has 0 saturated carbocycles. The summed E-state index contributed by atoms with van der Waals surface area (Å²) in [6.45, 7) is 2.08. The topological polar surface area (TPSA) is 121 Å². The van der Waals surface area contributed by atoms with Crippen molar-refractivity contribution in [3.8, 4) is 0 Å². The second-order valence-corrected chi connectivity index (χ2v) is 8.03. The van der Waals surface area contributed by atoms with E-state index in [1.807, 2.05) is 0 Å². The lowest BCUT2D eigenvalue weighted by Gasteiger charge is -2.31. The quantitative estimate of drug-likeness (QED) is 0.538. The number of fused-ring (bicyclic) bond motifs is 1. The number of carbonyl (C=O) groups is 2. The average Bonchev–Trinajstić information content (AvgIpc) is 3.18. The molecule has 174 valence electrons. The SMILES string of the molecule is NC(=O)C1CCCN(Cc2ccc(NC(=O)c3cc4c(C(F)(F)F)cc(=O)[nH]c4o3)cc2)C1. The van der Waals surface area contributed by atoms with E-state index >= 15 is 0 Å². The van der Waals surface area contributed by atoms with E-state index in [0.29, 0.717) is 24.8 Å². The van der Waals surface area contributed by atoms with E-state index in [9.17, 15) is 27.6 Å². The van der Waals surface area contributed by atoms with Gasteiger partial charge >= 0.3 is 6.18 Å². The molecule has 2 aromatic heterocycles. The zero-order valence-corrected chi connectivity index (χ0v) is 17.4. The van der Waals surface area contributed by atoms with Crippen molar-refractivity contribution >= 4 is 28.6 Å². The molecule has 4 N–H and O–H groups in total. The summed E-state index contributed by atoms with van der Waals surface area (Å²) in [5.41, 5.74) is 4.21. The van der Waals surface area contributed by atoms with Gasteiger partial charge in [-0.25, -0.2) is 0 Å². The average molecular weight is 462 g/mol. The van der Waals surface area contributed by atoms with Crippen LogP contribution < -0.4 is 16.6 Å². The zero-order chi connectivity index (χ0) is 23.8. The van der Waals surface area contributed by atoms with Gasteiger partial charge in [-0.3, -0.25) is 24.3 Å². The van der Waals surface area contributed by atoms with E-state index in [1.54, 1.807) is 24.3 Å². The third-order valence-electron chi connectivity index (χ3n) is 5.59. The van der Waals surface area contributed by atoms with Crippen LogP contribution in [0.1, 0.15) is 34.5 Å². The number of carbonyl (C=O) groups excluding carboxylic acids is 2. The second-order valence-electron chi connectivity index (χ2n) is 8.03. The first kappa shape index (κ1) is 22.6. The maximum Gasteiger partial charge on any atom is 0.417 e. The monoisotopic (exact) mass is 462 g/mol. The van der Waals surface area contributed by atoms with Crippen molar-refractivity contribution in [2.75, 3.05) is 18.4 Å². The third kappa shape index (κ3) is 5.08. The molecule has 0 bridgehead atoms. The molecule has 1 aliphatic rings. The fourth-order valence-electron chi connectivity index (χ4n) is 3.96. The second kappa shape index (κ2) is 8.74. The number of benzene rings is 1. The lowest BCUT2D eigenvalue weighted by Crippen LogP contribution is -2.40. The molecule has 1 saturated heterocycles. The molecule has 1 atom stereocenters. The Morgan fingerprint density at radius 2 is 1.94 bits per heavy atom. The van der Waals surface area contributed by atoms with Gasteiger partial charge in [0.2, 0.25) is 11.6 Å². The van der Waals surface area contributed by atoms with E-state index in [2.05, 4.69) is 15.2 Å². The number of pyridine rings is 1. The summed E-state index contributed by atoms with van der Waals surface area (Å²) in [4.78, 5) is 39.7. The van der Waals surface area contributed by atoms with E-state index in [-0.39, 0.29) is 17.6 Å². The third-order valence-corrected chi connectivity index (χ3v) is 5.59. The predicted octanol–water partition coefficient (Wildman–Crippen LogP) is 3.09. The van der Waals surface area contributed by atoms with Crippen molar-refractivity contribution < 1.29 is 27.2 Å². The van der Waals surface area contributed by atoms with Crippen molar-refractivity contribution in [2.45, 2.75) is 25.6 Å². The van der Waals surface area contributed by atoms with Gasteiger partial charge in [0.1, 0.15) is 0 Å². The maximum absolute atomic E-state index is 13.2. The van der Waals surface area contributed by atoms with E-state index < -0.39 is 34.3 Å². The van der Waals surface area contributed by atoms with Gasteiger partial charge in [0.25, 0.3) is 11.5 Å². The number of furan rings is 1. The zero-order valence-electron chi connectivity index (χ0n) is 17.4. The van der Waals surface area contributed by atoms with Crippen LogP contribution in [-0.2, 0) is 17.5 Å². The maximum atomic E-state index is 13.2. The molecule has 2 amide bonds. The number of anilines is 1. The molecular weight excluding hydrogens is 441 g/mol. The van der Waals surface area contributed by atoms with E-state index in [4.69, 9.17) is 10.2 Å². The highest BCUT2D eigenvalue weighted by molar-refractivity contribution is 6.04. The lowest BCUT2D eigenvalue weighted by atomic mass is 9.97. The Morgan fingerprint density at radius 1 is 1.21 bits per heavy atom. The number of nitrogens with zero attached hydrogens (tertiary/aromatic N) is 1. The minimum absolute atomic E-state index is 0.158. The number of amides is 2. The van der Waals surface area contributed by atoms with Crippen LogP contribution in [0.15, 0.2) is 45.6 Å². The number of primary amides is 1. The number of H-pyrrole nitrogens is 1. The van der Waals surface area contributed by atoms with E-state index in [0.717, 1.165) is 31.0 Å². The molecule has 3 heterocycles. The van der Waals surface area contributed by atoms with Gasteiger partial charge in [-0.15, -0.1) is 0 Å². The van der Waals surface area contributed by atoms with Crippen LogP contribution in [0.3, 0.4) is 0 Å². The molecule has 1 fully saturated rings. The highest BCUT2D eigenvalue weighted by atomic mass is 19.4. The normalized spacial score (nSPS) is 17.2. The largest absolute Gasteiger partial charge is 0.434 e. The molecule has 4 rings (SSSR count). The number of piperidine rings is 1. The van der Waals surface area contributed by atoms with Crippen LogP contribution in [0.4, 0.5) is 18.9 Å². The number of hydrogen-bond acceptors (Lipinski definition) is 5. The standard InChI is InChI=1S/C22H21F3N4O4/c23-22(24,25)16-9-18(30)28-21-15(16)8-17(33-21)20(32)27-14-5-3-12(4-6-14)10-29-7-1-2-13(11-29)19(26)31/h3-6,8-9,13H,1-2,7,10-11H2,(H2,26,31)(H,27,32)(H,28,30). The number of nitrogens with two attached hydrogens (primary N) is 1. The highest BCUT2D eigenvalue weighted by Crippen LogP contribution is 2.34. The Bertz CT molecular complexity index is 1250. The van der Waals surface area contributed by atoms with Gasteiger partial charge in [0.05, 0.1) is 16.9 Å². The Kier molecular flexibility index (Phi) is 5.98. The van der Waals surface area contributed by atoms with Crippen LogP contribution in [0.2, 0.25) is 0 Å². The number of alkyl halides is 3. The van der Waals surface area contributed by atoms with Crippen LogP contribution in [-0.4, -0.2) is 34.8 Å². The lowest BCUT2D eigenvalue weighted by molar-refractivity contribution is -0.136. The summed E-state index contributed by atoms with van der Waals surface area (Å²) < 4.78 is 44.8.